The summed E-state index contributed by atoms with van der Waals surface area (Å²) < 4.78 is 5.69. The molecule has 2 aromatic rings. The van der Waals surface area contributed by atoms with Crippen LogP contribution in [0.1, 0.15) is 5.56 Å². The molecule has 0 fully saturated rings. The molecule has 0 atom stereocenters. The zero-order chi connectivity index (χ0) is 19.4. The first-order valence-corrected chi connectivity index (χ1v) is 9.42. The van der Waals surface area contributed by atoms with Crippen molar-refractivity contribution in [1.82, 2.24) is 5.43 Å². The number of phenolic OH excluding ortho intramolecular Hbond substituents is 2. The van der Waals surface area contributed by atoms with Gasteiger partial charge in [0, 0.05) is 10.6 Å². The second-order valence-corrected chi connectivity index (χ2v) is 7.64. The molecule has 0 aromatic heterocycles. The van der Waals surface area contributed by atoms with Crippen LogP contribution in [0.25, 0.3) is 0 Å². The van der Waals surface area contributed by atoms with Crippen LogP contribution in [-0.2, 0) is 4.79 Å². The third-order valence-corrected chi connectivity index (χ3v) is 5.04. The Balaban J connectivity index is 1.99. The molecular weight excluding hydrogens is 538 g/mol. The van der Waals surface area contributed by atoms with Crippen LogP contribution in [0.15, 0.2) is 32.2 Å². The van der Waals surface area contributed by atoms with Gasteiger partial charge >= 0.3 is 0 Å². The van der Waals surface area contributed by atoms with E-state index < -0.39 is 12.5 Å². The van der Waals surface area contributed by atoms with E-state index in [9.17, 15) is 15.0 Å². The van der Waals surface area contributed by atoms with E-state index in [0.717, 1.165) is 0 Å². The van der Waals surface area contributed by atoms with Gasteiger partial charge in [0.25, 0.3) is 5.91 Å². The number of benzene rings is 2. The van der Waals surface area contributed by atoms with E-state index in [0.29, 0.717) is 9.50 Å². The predicted octanol–water partition coefficient (Wildman–Crippen LogP) is 5.11. The van der Waals surface area contributed by atoms with Crippen LogP contribution in [0.3, 0.4) is 0 Å². The topological polar surface area (TPSA) is 91.2 Å². The average molecular weight is 547 g/mol. The van der Waals surface area contributed by atoms with Gasteiger partial charge < -0.3 is 14.9 Å². The van der Waals surface area contributed by atoms with Crippen LogP contribution in [0.2, 0.25) is 15.1 Å². The third kappa shape index (κ3) is 5.17. The van der Waals surface area contributed by atoms with E-state index in [4.69, 9.17) is 39.5 Å². The lowest BCUT2D eigenvalue weighted by atomic mass is 10.2. The highest BCUT2D eigenvalue weighted by atomic mass is 79.9. The van der Waals surface area contributed by atoms with E-state index in [1.807, 2.05) is 0 Å². The van der Waals surface area contributed by atoms with Gasteiger partial charge in [-0.05, 0) is 50.1 Å². The number of hydrogen-bond donors (Lipinski definition) is 3. The number of nitrogens with one attached hydrogen (secondary N) is 1. The average Bonchev–Trinajstić information content (AvgIpc) is 2.56. The summed E-state index contributed by atoms with van der Waals surface area (Å²) >= 11 is 23.9. The Morgan fingerprint density at radius 3 is 2.38 bits per heavy atom. The van der Waals surface area contributed by atoms with Crippen molar-refractivity contribution in [3.05, 3.63) is 47.8 Å². The molecule has 0 heterocycles. The summed E-state index contributed by atoms with van der Waals surface area (Å²) in [4.78, 5) is 11.8. The molecular formula is C15H9Br2Cl3N2O4. The Morgan fingerprint density at radius 2 is 1.77 bits per heavy atom. The van der Waals surface area contributed by atoms with Gasteiger partial charge in [-0.2, -0.15) is 5.10 Å². The summed E-state index contributed by atoms with van der Waals surface area (Å²) in [6.07, 6.45) is 1.20. The molecule has 0 aliphatic heterocycles. The van der Waals surface area contributed by atoms with Crippen LogP contribution in [-0.4, -0.2) is 28.9 Å². The molecule has 2 aromatic carbocycles. The standard InChI is InChI=1S/C15H9Br2Cl3N2O4/c16-8-1-6(13(24)12(17)14(8)25)4-21-22-11(23)5-26-15-9(19)2-7(18)3-10(15)20/h1-4,24-25H,5H2,(H,22,23)/b21-4-. The van der Waals surface area contributed by atoms with Crippen LogP contribution in [0.5, 0.6) is 17.2 Å². The lowest BCUT2D eigenvalue weighted by Crippen LogP contribution is -2.24. The minimum atomic E-state index is -0.584. The molecule has 1 amide bonds. The summed E-state index contributed by atoms with van der Waals surface area (Å²) in [7, 11) is 0. The third-order valence-electron chi connectivity index (χ3n) is 2.90. The molecule has 0 radical (unpaired) electrons. The normalized spacial score (nSPS) is 11.0. The number of amides is 1. The lowest BCUT2D eigenvalue weighted by molar-refractivity contribution is -0.123. The fourth-order valence-electron chi connectivity index (χ4n) is 1.73. The van der Waals surface area contributed by atoms with Crippen molar-refractivity contribution >= 4 is 78.8 Å². The molecule has 138 valence electrons. The maximum atomic E-state index is 11.8. The van der Waals surface area contributed by atoms with Gasteiger partial charge in [-0.3, -0.25) is 4.79 Å². The SMILES string of the molecule is O=C(COc1c(Cl)cc(Cl)cc1Cl)N/N=C\c1cc(Br)c(O)c(Br)c1O. The first kappa shape index (κ1) is 21.1. The molecule has 0 aliphatic carbocycles. The molecule has 2 rings (SSSR count). The Hall–Kier alpha value is -1.19. The van der Waals surface area contributed by atoms with E-state index in [-0.39, 0.29) is 37.3 Å². The lowest BCUT2D eigenvalue weighted by Gasteiger charge is -2.09. The minimum absolute atomic E-state index is 0.0926. The quantitative estimate of drug-likeness (QED) is 0.359. The molecule has 0 bridgehead atoms. The minimum Gasteiger partial charge on any atom is -0.506 e. The van der Waals surface area contributed by atoms with Crippen molar-refractivity contribution in [3.8, 4) is 17.2 Å². The number of nitrogens with zero attached hydrogens (tertiary/aromatic N) is 1. The van der Waals surface area contributed by atoms with Gasteiger partial charge in [-0.15, -0.1) is 0 Å². The fourth-order valence-corrected chi connectivity index (χ4v) is 3.81. The second-order valence-electron chi connectivity index (χ2n) is 4.74. The number of halogens is 5. The monoisotopic (exact) mass is 544 g/mol. The molecule has 26 heavy (non-hydrogen) atoms. The van der Waals surface area contributed by atoms with Crippen LogP contribution in [0.4, 0.5) is 0 Å². The van der Waals surface area contributed by atoms with Gasteiger partial charge in [0.15, 0.2) is 12.4 Å². The fraction of sp³-hybridized carbons (Fsp3) is 0.0667. The van der Waals surface area contributed by atoms with Crippen molar-refractivity contribution in [2.45, 2.75) is 0 Å². The van der Waals surface area contributed by atoms with E-state index in [2.05, 4.69) is 42.4 Å². The zero-order valence-corrected chi connectivity index (χ0v) is 18.0. The Kier molecular flexibility index (Phi) is 7.42. The highest BCUT2D eigenvalue weighted by Gasteiger charge is 2.13. The number of aromatic hydroxyl groups is 2. The highest BCUT2D eigenvalue weighted by Crippen LogP contribution is 2.40. The smallest absolute Gasteiger partial charge is 0.277 e. The first-order chi connectivity index (χ1) is 12.2. The molecule has 0 unspecified atom stereocenters. The number of ether oxygens (including phenoxy) is 1. The van der Waals surface area contributed by atoms with Gasteiger partial charge in [-0.1, -0.05) is 34.8 Å². The van der Waals surface area contributed by atoms with Gasteiger partial charge in [-0.25, -0.2) is 5.43 Å². The number of phenols is 2. The number of carbonyl (C=O) groups is 1. The molecule has 0 saturated carbocycles. The summed E-state index contributed by atoms with van der Waals surface area (Å²) in [5, 5.41) is 23.9. The predicted molar refractivity (Wildman–Crippen MR) is 108 cm³/mol. The van der Waals surface area contributed by atoms with Gasteiger partial charge in [0.05, 0.1) is 20.7 Å². The zero-order valence-electron chi connectivity index (χ0n) is 12.6. The second kappa shape index (κ2) is 9.14. The van der Waals surface area contributed by atoms with Crippen molar-refractivity contribution in [1.29, 1.82) is 0 Å². The molecule has 3 N–H and O–H groups in total. The van der Waals surface area contributed by atoms with E-state index >= 15 is 0 Å². The first-order valence-electron chi connectivity index (χ1n) is 6.70. The molecule has 0 spiro atoms. The molecule has 0 saturated heterocycles. The highest BCUT2D eigenvalue weighted by molar-refractivity contribution is 9.11. The summed E-state index contributed by atoms with van der Waals surface area (Å²) in [5.41, 5.74) is 2.48. The van der Waals surface area contributed by atoms with Crippen LogP contribution >= 0.6 is 66.7 Å². The molecule has 6 nitrogen and oxygen atoms in total. The largest absolute Gasteiger partial charge is 0.506 e. The van der Waals surface area contributed by atoms with Crippen LogP contribution in [0, 0.1) is 0 Å². The maximum Gasteiger partial charge on any atom is 0.277 e. The van der Waals surface area contributed by atoms with Crippen molar-refractivity contribution in [3.63, 3.8) is 0 Å². The van der Waals surface area contributed by atoms with Crippen molar-refractivity contribution in [2.75, 3.05) is 6.61 Å². The summed E-state index contributed by atoms with van der Waals surface area (Å²) in [5.74, 6) is -0.853. The molecule has 0 aliphatic rings. The number of carbonyl (C=O) groups excluding carboxylic acids is 1. The van der Waals surface area contributed by atoms with E-state index in [1.165, 1.54) is 24.4 Å². The van der Waals surface area contributed by atoms with E-state index in [1.54, 1.807) is 0 Å². The number of hydrogen-bond acceptors (Lipinski definition) is 5. The molecule has 11 heteroatoms. The summed E-state index contributed by atoms with van der Waals surface area (Å²) in [6.45, 7) is -0.395. The van der Waals surface area contributed by atoms with Crippen molar-refractivity contribution in [2.24, 2.45) is 5.10 Å². The van der Waals surface area contributed by atoms with Crippen molar-refractivity contribution < 1.29 is 19.7 Å². The van der Waals surface area contributed by atoms with Gasteiger partial charge in [0.2, 0.25) is 0 Å². The Morgan fingerprint density at radius 1 is 1.15 bits per heavy atom. The Labute approximate surface area is 180 Å². The van der Waals surface area contributed by atoms with Crippen LogP contribution < -0.4 is 10.2 Å². The summed E-state index contributed by atoms with van der Waals surface area (Å²) in [6, 6.07) is 4.29. The number of rotatable bonds is 5. The van der Waals surface area contributed by atoms with Gasteiger partial charge in [0.1, 0.15) is 16.0 Å². The number of hydrazone groups is 1. The Bertz CT molecular complexity index is 871. The maximum absolute atomic E-state index is 11.8.